The lowest BCUT2D eigenvalue weighted by Gasteiger charge is -2.26. The van der Waals surface area contributed by atoms with Gasteiger partial charge >= 0.3 is 0 Å². The van der Waals surface area contributed by atoms with E-state index in [9.17, 15) is 18.4 Å². The number of halogens is 2. The fourth-order valence-electron chi connectivity index (χ4n) is 6.68. The van der Waals surface area contributed by atoms with E-state index in [-0.39, 0.29) is 23.4 Å². The summed E-state index contributed by atoms with van der Waals surface area (Å²) in [6.07, 6.45) is 5.30. The van der Waals surface area contributed by atoms with Gasteiger partial charge in [0.15, 0.2) is 0 Å². The third-order valence-electron chi connectivity index (χ3n) is 9.84. The van der Waals surface area contributed by atoms with Crippen molar-refractivity contribution >= 4 is 45.7 Å². The van der Waals surface area contributed by atoms with Crippen molar-refractivity contribution in [3.8, 4) is 0 Å². The molecule has 2 saturated heterocycles. The lowest BCUT2D eigenvalue weighted by molar-refractivity contribution is -0.111. The van der Waals surface area contributed by atoms with Crippen molar-refractivity contribution in [2.45, 2.75) is 12.8 Å². The normalized spacial score (nSPS) is 18.4. The van der Waals surface area contributed by atoms with Gasteiger partial charge in [0, 0.05) is 79.9 Å². The fourth-order valence-corrected chi connectivity index (χ4v) is 6.68. The van der Waals surface area contributed by atoms with Crippen LogP contribution in [0.5, 0.6) is 0 Å². The van der Waals surface area contributed by atoms with Crippen molar-refractivity contribution in [3.05, 3.63) is 131 Å². The molecule has 54 heavy (non-hydrogen) atoms. The summed E-state index contributed by atoms with van der Waals surface area (Å²) >= 11 is 0. The number of ether oxygens (including phenoxy) is 2. The molecule has 4 aromatic carbocycles. The first kappa shape index (κ1) is 36.9. The Morgan fingerprint density at radius 2 is 1.04 bits per heavy atom. The molecule has 0 aromatic heterocycles. The number of benzene rings is 4. The summed E-state index contributed by atoms with van der Waals surface area (Å²) in [7, 11) is 0. The minimum Gasteiger partial charge on any atom is -0.379 e. The maximum atomic E-state index is 13.5. The molecule has 280 valence electrons. The Balaban J connectivity index is 0.000000167. The van der Waals surface area contributed by atoms with Crippen molar-refractivity contribution in [1.82, 2.24) is 9.80 Å². The second kappa shape index (κ2) is 17.6. The summed E-state index contributed by atoms with van der Waals surface area (Å²) in [4.78, 5) is 29.0. The van der Waals surface area contributed by atoms with E-state index in [2.05, 4.69) is 55.3 Å². The summed E-state index contributed by atoms with van der Waals surface area (Å²) in [5.41, 5.74) is 7.69. The summed E-state index contributed by atoms with van der Waals surface area (Å²) in [5.74, 6) is -1.19. The first-order valence-corrected chi connectivity index (χ1v) is 18.3. The maximum Gasteiger partial charge on any atom is 0.257 e. The topological polar surface area (TPSA) is 107 Å². The van der Waals surface area contributed by atoms with E-state index >= 15 is 0 Å². The van der Waals surface area contributed by atoms with Gasteiger partial charge in [-0.1, -0.05) is 24.3 Å². The molecule has 4 aromatic rings. The van der Waals surface area contributed by atoms with E-state index in [0.29, 0.717) is 33.6 Å². The highest BCUT2D eigenvalue weighted by Crippen LogP contribution is 2.33. The summed E-state index contributed by atoms with van der Waals surface area (Å²) in [6.45, 7) is 9.34. The monoisotopic (exact) mass is 734 g/mol. The molecule has 4 N–H and O–H groups in total. The quantitative estimate of drug-likeness (QED) is 0.143. The van der Waals surface area contributed by atoms with E-state index in [1.54, 1.807) is 24.5 Å². The minimum atomic E-state index is -0.365. The lowest BCUT2D eigenvalue weighted by Crippen LogP contribution is -2.37. The Hall–Kier alpha value is -5.40. The van der Waals surface area contributed by atoms with Crippen LogP contribution in [0, 0.1) is 11.6 Å². The van der Waals surface area contributed by atoms with Gasteiger partial charge in [-0.25, -0.2) is 8.78 Å². The zero-order valence-corrected chi connectivity index (χ0v) is 30.0. The predicted molar refractivity (Wildman–Crippen MR) is 208 cm³/mol. The molecule has 8 rings (SSSR count). The number of rotatable bonds is 10. The largest absolute Gasteiger partial charge is 0.379 e. The van der Waals surface area contributed by atoms with Gasteiger partial charge in [-0.2, -0.15) is 0 Å². The number of carbonyl (C=O) groups excluding carboxylic acids is 2. The van der Waals surface area contributed by atoms with Gasteiger partial charge < -0.3 is 30.7 Å². The number of fused-ring (bicyclic) bond motifs is 2. The molecule has 0 aliphatic carbocycles. The average molecular weight is 735 g/mol. The number of hydrogen-bond donors (Lipinski definition) is 4. The highest BCUT2D eigenvalue weighted by molar-refractivity contribution is 6.32. The van der Waals surface area contributed by atoms with E-state index in [4.69, 9.17) is 9.47 Å². The van der Waals surface area contributed by atoms with Crippen LogP contribution in [0.15, 0.2) is 97.3 Å². The molecule has 4 heterocycles. The van der Waals surface area contributed by atoms with E-state index < -0.39 is 0 Å². The summed E-state index contributed by atoms with van der Waals surface area (Å²) < 4.78 is 37.5. The Kier molecular flexibility index (Phi) is 12.1. The second-order valence-corrected chi connectivity index (χ2v) is 13.5. The smallest absolute Gasteiger partial charge is 0.257 e. The van der Waals surface area contributed by atoms with Crippen LogP contribution in [0.25, 0.3) is 11.1 Å². The molecule has 0 atom stereocenters. The predicted octanol–water partition coefficient (Wildman–Crippen LogP) is 6.21. The molecule has 0 saturated carbocycles. The molecule has 0 spiro atoms. The molecule has 0 radical (unpaired) electrons. The Morgan fingerprint density at radius 3 is 1.57 bits per heavy atom. The lowest BCUT2D eigenvalue weighted by atomic mass is 10.1. The van der Waals surface area contributed by atoms with Crippen LogP contribution < -0.4 is 21.3 Å². The summed E-state index contributed by atoms with van der Waals surface area (Å²) in [5, 5.41) is 11.7. The SMILES string of the molecule is O=C1Nc2cc(F)ccc2C1=CNc1ccc(CCN2CCOCC2)cc1.O=C1Nc2ccc(F)cc2C1=CNc1ccc(CCN2CCOCC2)cc1. The molecule has 0 unspecified atom stereocenters. The van der Waals surface area contributed by atoms with Gasteiger partial charge in [-0.3, -0.25) is 19.4 Å². The molecule has 0 bridgehead atoms. The minimum absolute atomic E-state index is 0.231. The third-order valence-corrected chi connectivity index (χ3v) is 9.84. The highest BCUT2D eigenvalue weighted by atomic mass is 19.1. The Labute approximate surface area is 313 Å². The Bertz CT molecular complexity index is 2000. The zero-order chi connectivity index (χ0) is 37.3. The van der Waals surface area contributed by atoms with Crippen LogP contribution in [0.2, 0.25) is 0 Å². The van der Waals surface area contributed by atoms with Crippen LogP contribution in [0.4, 0.5) is 31.5 Å². The molecule has 4 aliphatic rings. The average Bonchev–Trinajstić information content (AvgIpc) is 3.69. The molecule has 12 heteroatoms. The number of carbonyl (C=O) groups is 2. The standard InChI is InChI=1S/2C21H22FN3O2/c22-16-3-6-20-18(13-16)19(21(26)24-20)14-23-17-4-1-15(2-5-17)7-8-25-9-11-27-12-10-25;22-16-3-6-18-19(21(26)24-20(18)13-16)14-23-17-4-1-15(2-5-17)7-8-25-9-11-27-12-10-25/h2*1-6,13-14,23H,7-12H2,(H,24,26). The number of amides is 2. The van der Waals surface area contributed by atoms with Gasteiger partial charge in [0.2, 0.25) is 0 Å². The second-order valence-electron chi connectivity index (χ2n) is 13.5. The zero-order valence-electron chi connectivity index (χ0n) is 30.0. The maximum absolute atomic E-state index is 13.5. The summed E-state index contributed by atoms with van der Waals surface area (Å²) in [6, 6.07) is 24.9. The van der Waals surface area contributed by atoms with E-state index in [1.807, 2.05) is 24.3 Å². The number of nitrogens with one attached hydrogen (secondary N) is 4. The van der Waals surface area contributed by atoms with Crippen molar-refractivity contribution in [2.24, 2.45) is 0 Å². The molecular weight excluding hydrogens is 690 g/mol. The Morgan fingerprint density at radius 1 is 0.574 bits per heavy atom. The number of morpholine rings is 2. The van der Waals surface area contributed by atoms with Gasteiger partial charge in [-0.05, 0) is 84.6 Å². The molecule has 2 fully saturated rings. The number of anilines is 4. The highest BCUT2D eigenvalue weighted by Gasteiger charge is 2.25. The van der Waals surface area contributed by atoms with Gasteiger partial charge in [0.25, 0.3) is 11.8 Å². The van der Waals surface area contributed by atoms with Crippen molar-refractivity contribution in [3.63, 3.8) is 0 Å². The van der Waals surface area contributed by atoms with Gasteiger partial charge in [0.05, 0.1) is 43.3 Å². The van der Waals surface area contributed by atoms with Crippen molar-refractivity contribution in [2.75, 3.05) is 87.0 Å². The third kappa shape index (κ3) is 9.57. The van der Waals surface area contributed by atoms with Crippen LogP contribution in [-0.2, 0) is 31.9 Å². The fraction of sp³-hybridized carbons (Fsp3) is 0.286. The van der Waals surface area contributed by atoms with Crippen LogP contribution >= 0.6 is 0 Å². The van der Waals surface area contributed by atoms with Crippen LogP contribution in [-0.4, -0.2) is 87.3 Å². The molecule has 2 amide bonds. The van der Waals surface area contributed by atoms with Crippen LogP contribution in [0.1, 0.15) is 22.3 Å². The molecule has 4 aliphatic heterocycles. The molecule has 10 nitrogen and oxygen atoms in total. The molecular formula is C42H44F2N6O4. The van der Waals surface area contributed by atoms with Crippen molar-refractivity contribution < 1.29 is 27.8 Å². The van der Waals surface area contributed by atoms with Crippen molar-refractivity contribution in [1.29, 1.82) is 0 Å². The van der Waals surface area contributed by atoms with Crippen LogP contribution in [0.3, 0.4) is 0 Å². The van der Waals surface area contributed by atoms with Gasteiger partial charge in [-0.15, -0.1) is 0 Å². The van der Waals surface area contributed by atoms with E-state index in [1.165, 1.54) is 35.4 Å². The van der Waals surface area contributed by atoms with E-state index in [0.717, 1.165) is 89.9 Å². The first-order chi connectivity index (χ1) is 26.4. The first-order valence-electron chi connectivity index (χ1n) is 18.3. The number of nitrogens with zero attached hydrogens (tertiary/aromatic N) is 2. The number of hydrogen-bond acceptors (Lipinski definition) is 8. The van der Waals surface area contributed by atoms with Gasteiger partial charge in [0.1, 0.15) is 11.6 Å².